The summed E-state index contributed by atoms with van der Waals surface area (Å²) in [6, 6.07) is 2.79. The van der Waals surface area contributed by atoms with Crippen LogP contribution in [0.25, 0.3) is 11.3 Å². The van der Waals surface area contributed by atoms with Crippen LogP contribution in [-0.2, 0) is 7.05 Å². The van der Waals surface area contributed by atoms with Gasteiger partial charge in [0.15, 0.2) is 5.82 Å². The molecule has 21 heavy (non-hydrogen) atoms. The molecule has 1 atom stereocenters. The number of aromatic nitrogens is 3. The summed E-state index contributed by atoms with van der Waals surface area (Å²) in [5.74, 6) is -0.0871. The van der Waals surface area contributed by atoms with Crippen LogP contribution in [0.1, 0.15) is 6.42 Å². The van der Waals surface area contributed by atoms with Crippen molar-refractivity contribution in [1.29, 1.82) is 0 Å². The number of anilines is 1. The molecule has 6 nitrogen and oxygen atoms in total. The van der Waals surface area contributed by atoms with Crippen LogP contribution in [0.3, 0.4) is 0 Å². The van der Waals surface area contributed by atoms with Crippen molar-refractivity contribution in [2.75, 3.05) is 18.0 Å². The van der Waals surface area contributed by atoms with E-state index in [-0.39, 0.29) is 16.8 Å². The van der Waals surface area contributed by atoms with Crippen LogP contribution < -0.4 is 10.5 Å². The largest absolute Gasteiger partial charge is 0.391 e. The average Bonchev–Trinajstić information content (AvgIpc) is 2.89. The standard InChI is InChI=1S/C14H15FN4O2/c1-18-13(21)6-12(10-2-4-16-7-11(10)15)17-14(18)19-5-3-9(20)8-19/h2,4,6-7,9,20H,3,5,8H2,1H3/t9-/m0/s1. The number of nitrogens with zero attached hydrogens (tertiary/aromatic N) is 4. The van der Waals surface area contributed by atoms with E-state index in [1.165, 1.54) is 22.9 Å². The number of hydrogen-bond donors (Lipinski definition) is 1. The molecule has 0 radical (unpaired) electrons. The molecule has 1 N–H and O–H groups in total. The lowest BCUT2D eigenvalue weighted by Crippen LogP contribution is -2.30. The highest BCUT2D eigenvalue weighted by atomic mass is 19.1. The summed E-state index contributed by atoms with van der Waals surface area (Å²) in [4.78, 5) is 22.0. The van der Waals surface area contributed by atoms with Crippen molar-refractivity contribution in [3.05, 3.63) is 40.7 Å². The third-order valence-corrected chi connectivity index (χ3v) is 3.61. The quantitative estimate of drug-likeness (QED) is 0.874. The minimum Gasteiger partial charge on any atom is -0.391 e. The monoisotopic (exact) mass is 290 g/mol. The molecule has 2 aromatic rings. The van der Waals surface area contributed by atoms with E-state index in [0.717, 1.165) is 6.20 Å². The van der Waals surface area contributed by atoms with Crippen LogP contribution in [-0.4, -0.2) is 38.8 Å². The first-order valence-corrected chi connectivity index (χ1v) is 6.67. The van der Waals surface area contributed by atoms with E-state index < -0.39 is 11.9 Å². The third-order valence-electron chi connectivity index (χ3n) is 3.61. The predicted molar refractivity (Wildman–Crippen MR) is 75.5 cm³/mol. The molecule has 2 aromatic heterocycles. The Morgan fingerprint density at radius 3 is 2.95 bits per heavy atom. The second-order valence-corrected chi connectivity index (χ2v) is 5.08. The normalized spacial score (nSPS) is 18.2. The number of rotatable bonds is 2. The molecule has 1 aliphatic rings. The highest BCUT2D eigenvalue weighted by Gasteiger charge is 2.24. The second-order valence-electron chi connectivity index (χ2n) is 5.08. The predicted octanol–water partition coefficient (Wildman–Crippen LogP) is 0.552. The first-order valence-electron chi connectivity index (χ1n) is 6.67. The number of halogens is 1. The summed E-state index contributed by atoms with van der Waals surface area (Å²) in [7, 11) is 1.61. The Balaban J connectivity index is 2.10. The Kier molecular flexibility index (Phi) is 3.42. The maximum absolute atomic E-state index is 13.8. The van der Waals surface area contributed by atoms with Gasteiger partial charge in [-0.1, -0.05) is 0 Å². The number of β-amino-alcohol motifs (C(OH)–C–C–N with tert-alkyl or cyclic N) is 1. The fraction of sp³-hybridized carbons (Fsp3) is 0.357. The smallest absolute Gasteiger partial charge is 0.255 e. The highest BCUT2D eigenvalue weighted by molar-refractivity contribution is 5.60. The molecule has 0 bridgehead atoms. The van der Waals surface area contributed by atoms with Crippen molar-refractivity contribution in [3.63, 3.8) is 0 Å². The number of pyridine rings is 1. The first kappa shape index (κ1) is 13.7. The first-order chi connectivity index (χ1) is 10.1. The molecule has 3 heterocycles. The fourth-order valence-electron chi connectivity index (χ4n) is 2.45. The van der Waals surface area contributed by atoms with E-state index in [2.05, 4.69) is 9.97 Å². The van der Waals surface area contributed by atoms with E-state index in [4.69, 9.17) is 0 Å². The molecule has 0 saturated carbocycles. The zero-order chi connectivity index (χ0) is 15.0. The Morgan fingerprint density at radius 2 is 2.29 bits per heavy atom. The van der Waals surface area contributed by atoms with Gasteiger partial charge in [-0.15, -0.1) is 0 Å². The molecular formula is C14H15FN4O2. The topological polar surface area (TPSA) is 71.2 Å². The van der Waals surface area contributed by atoms with Crippen molar-refractivity contribution in [2.45, 2.75) is 12.5 Å². The third kappa shape index (κ3) is 2.52. The van der Waals surface area contributed by atoms with Gasteiger partial charge in [0.1, 0.15) is 0 Å². The van der Waals surface area contributed by atoms with Gasteiger partial charge in [-0.3, -0.25) is 14.3 Å². The molecule has 0 aromatic carbocycles. The molecule has 1 saturated heterocycles. The summed E-state index contributed by atoms with van der Waals surface area (Å²) < 4.78 is 15.2. The van der Waals surface area contributed by atoms with Gasteiger partial charge in [-0.2, -0.15) is 0 Å². The highest BCUT2D eigenvalue weighted by Crippen LogP contribution is 2.22. The van der Waals surface area contributed by atoms with Crippen LogP contribution in [0.15, 0.2) is 29.3 Å². The molecule has 110 valence electrons. The van der Waals surface area contributed by atoms with Gasteiger partial charge >= 0.3 is 0 Å². The van der Waals surface area contributed by atoms with Gasteiger partial charge in [0.25, 0.3) is 5.56 Å². The lowest BCUT2D eigenvalue weighted by Gasteiger charge is -2.20. The summed E-state index contributed by atoms with van der Waals surface area (Å²) in [6.07, 6.45) is 2.75. The summed E-state index contributed by atoms with van der Waals surface area (Å²) >= 11 is 0. The van der Waals surface area contributed by atoms with Crippen LogP contribution in [0.4, 0.5) is 10.3 Å². The minimum absolute atomic E-state index is 0.240. The Bertz CT molecular complexity index is 731. The van der Waals surface area contributed by atoms with Crippen LogP contribution in [0.5, 0.6) is 0 Å². The SMILES string of the molecule is Cn1c(N2CC[C@H](O)C2)nc(-c2ccncc2F)cc1=O. The van der Waals surface area contributed by atoms with Gasteiger partial charge in [0, 0.05) is 38.0 Å². The van der Waals surface area contributed by atoms with Crippen molar-refractivity contribution < 1.29 is 9.50 Å². The number of hydrogen-bond acceptors (Lipinski definition) is 5. The molecule has 0 spiro atoms. The molecule has 1 fully saturated rings. The van der Waals surface area contributed by atoms with Gasteiger partial charge in [0.05, 0.1) is 18.0 Å². The molecular weight excluding hydrogens is 275 g/mol. The van der Waals surface area contributed by atoms with Crippen LogP contribution in [0.2, 0.25) is 0 Å². The fourth-order valence-corrected chi connectivity index (χ4v) is 2.45. The number of aliphatic hydroxyl groups excluding tert-OH is 1. The van der Waals surface area contributed by atoms with Gasteiger partial charge in [-0.05, 0) is 12.5 Å². The molecule has 1 aliphatic heterocycles. The van der Waals surface area contributed by atoms with Gasteiger partial charge in [0.2, 0.25) is 5.95 Å². The van der Waals surface area contributed by atoms with Crippen molar-refractivity contribution in [1.82, 2.24) is 14.5 Å². The molecule has 3 rings (SSSR count). The van der Waals surface area contributed by atoms with Crippen molar-refractivity contribution >= 4 is 5.95 Å². The Labute approximate surface area is 120 Å². The molecule has 0 aliphatic carbocycles. The summed E-state index contributed by atoms with van der Waals surface area (Å²) in [5, 5.41) is 9.63. The average molecular weight is 290 g/mol. The lowest BCUT2D eigenvalue weighted by atomic mass is 10.2. The zero-order valence-electron chi connectivity index (χ0n) is 11.5. The summed E-state index contributed by atoms with van der Waals surface area (Å²) in [6.45, 7) is 1.03. The Morgan fingerprint density at radius 1 is 1.48 bits per heavy atom. The Hall–Kier alpha value is -2.28. The zero-order valence-corrected chi connectivity index (χ0v) is 11.5. The maximum atomic E-state index is 13.8. The van der Waals surface area contributed by atoms with Crippen LogP contribution in [0, 0.1) is 5.82 Å². The van der Waals surface area contributed by atoms with E-state index in [1.807, 2.05) is 4.90 Å². The lowest BCUT2D eigenvalue weighted by molar-refractivity contribution is 0.198. The second kappa shape index (κ2) is 5.25. The van der Waals surface area contributed by atoms with Crippen molar-refractivity contribution in [2.24, 2.45) is 7.05 Å². The van der Waals surface area contributed by atoms with E-state index in [0.29, 0.717) is 25.5 Å². The maximum Gasteiger partial charge on any atom is 0.255 e. The van der Waals surface area contributed by atoms with Gasteiger partial charge < -0.3 is 10.0 Å². The van der Waals surface area contributed by atoms with Crippen molar-refractivity contribution in [3.8, 4) is 11.3 Å². The van der Waals surface area contributed by atoms with E-state index in [9.17, 15) is 14.3 Å². The number of aliphatic hydroxyl groups is 1. The summed E-state index contributed by atoms with van der Waals surface area (Å²) in [5.41, 5.74) is 0.241. The van der Waals surface area contributed by atoms with E-state index >= 15 is 0 Å². The molecule has 0 unspecified atom stereocenters. The van der Waals surface area contributed by atoms with Gasteiger partial charge in [-0.25, -0.2) is 9.37 Å². The molecule has 7 heteroatoms. The van der Waals surface area contributed by atoms with Crippen LogP contribution >= 0.6 is 0 Å². The molecule has 0 amide bonds. The minimum atomic E-state index is -0.523. The van der Waals surface area contributed by atoms with E-state index in [1.54, 1.807) is 7.05 Å².